The van der Waals surface area contributed by atoms with E-state index in [1.807, 2.05) is 24.3 Å². The maximum absolute atomic E-state index is 13.7. The summed E-state index contributed by atoms with van der Waals surface area (Å²) < 4.78 is 32.2. The van der Waals surface area contributed by atoms with Gasteiger partial charge in [-0.25, -0.2) is 13.6 Å². The summed E-state index contributed by atoms with van der Waals surface area (Å²) in [6.07, 6.45) is 1.51. The molecule has 0 saturated carbocycles. The first-order valence-corrected chi connectivity index (χ1v) is 10.0. The Labute approximate surface area is 184 Å². The van der Waals surface area contributed by atoms with Crippen LogP contribution in [0, 0.1) is 11.6 Å². The molecule has 0 heterocycles. The molecule has 1 amide bonds. The van der Waals surface area contributed by atoms with E-state index in [0.717, 1.165) is 36.1 Å². The van der Waals surface area contributed by atoms with Crippen molar-refractivity contribution in [2.24, 2.45) is 0 Å². The lowest BCUT2D eigenvalue weighted by atomic mass is 10.0. The monoisotopic (exact) mass is 439 g/mol. The molecule has 0 spiro atoms. The molecule has 0 aromatic heterocycles. The van der Waals surface area contributed by atoms with Crippen molar-refractivity contribution in [1.29, 1.82) is 0 Å². The molecule has 0 saturated heterocycles. The first kappa shape index (κ1) is 22.9. The zero-order valence-electron chi connectivity index (χ0n) is 17.7. The lowest BCUT2D eigenvalue weighted by Crippen LogP contribution is -2.37. The van der Waals surface area contributed by atoms with Crippen molar-refractivity contribution in [2.75, 3.05) is 5.32 Å². The van der Waals surface area contributed by atoms with Crippen LogP contribution in [0.5, 0.6) is 5.75 Å². The predicted molar refractivity (Wildman–Crippen MR) is 117 cm³/mol. The van der Waals surface area contributed by atoms with Crippen molar-refractivity contribution in [3.05, 3.63) is 95.1 Å². The number of carbonyl (C=O) groups excluding carboxylic acids is 1. The third-order valence-corrected chi connectivity index (χ3v) is 4.90. The van der Waals surface area contributed by atoms with E-state index in [1.54, 1.807) is 24.3 Å². The van der Waals surface area contributed by atoms with Gasteiger partial charge in [0, 0.05) is 11.8 Å². The molecule has 7 heteroatoms. The SMILES string of the molecule is CC(C)(Oc1ccc(CCc2ccc(NC(=O)c3ccc(F)cc3F)cc2)cc1)C(=O)O. The second-order valence-electron chi connectivity index (χ2n) is 7.84. The third-order valence-electron chi connectivity index (χ3n) is 4.90. The number of rotatable bonds is 8. The number of carboxylic acid groups (broad SMARTS) is 1. The largest absolute Gasteiger partial charge is 0.478 e. The molecule has 0 aliphatic heterocycles. The average Bonchev–Trinajstić information content (AvgIpc) is 2.74. The molecular formula is C25H23F2NO4. The van der Waals surface area contributed by atoms with Crippen molar-refractivity contribution in [3.63, 3.8) is 0 Å². The van der Waals surface area contributed by atoms with Crippen molar-refractivity contribution in [3.8, 4) is 5.75 Å². The third kappa shape index (κ3) is 5.91. The number of benzene rings is 3. The fourth-order valence-corrected chi connectivity index (χ4v) is 2.98. The number of nitrogens with one attached hydrogen (secondary N) is 1. The number of anilines is 1. The zero-order valence-corrected chi connectivity index (χ0v) is 17.7. The first-order valence-electron chi connectivity index (χ1n) is 10.0. The minimum Gasteiger partial charge on any atom is -0.478 e. The van der Waals surface area contributed by atoms with Crippen molar-refractivity contribution >= 4 is 17.6 Å². The second-order valence-corrected chi connectivity index (χ2v) is 7.84. The molecule has 3 aromatic rings. The van der Waals surface area contributed by atoms with Gasteiger partial charge in [-0.1, -0.05) is 24.3 Å². The van der Waals surface area contributed by atoms with Gasteiger partial charge in [0.1, 0.15) is 17.4 Å². The summed E-state index contributed by atoms with van der Waals surface area (Å²) in [7, 11) is 0. The molecule has 0 radical (unpaired) electrons. The highest BCUT2D eigenvalue weighted by Crippen LogP contribution is 2.20. The molecule has 32 heavy (non-hydrogen) atoms. The topological polar surface area (TPSA) is 75.6 Å². The molecule has 5 nitrogen and oxygen atoms in total. The summed E-state index contributed by atoms with van der Waals surface area (Å²) >= 11 is 0. The molecule has 0 bridgehead atoms. The first-order chi connectivity index (χ1) is 15.1. The smallest absolute Gasteiger partial charge is 0.347 e. The zero-order chi connectivity index (χ0) is 23.3. The van der Waals surface area contributed by atoms with Crippen LogP contribution in [0.15, 0.2) is 66.7 Å². The normalized spacial score (nSPS) is 11.1. The second kappa shape index (κ2) is 9.60. The van der Waals surface area contributed by atoms with Gasteiger partial charge in [-0.3, -0.25) is 4.79 Å². The summed E-state index contributed by atoms with van der Waals surface area (Å²) in [6.45, 7) is 2.98. The van der Waals surface area contributed by atoms with E-state index in [2.05, 4.69) is 5.32 Å². The van der Waals surface area contributed by atoms with Crippen LogP contribution in [-0.4, -0.2) is 22.6 Å². The Morgan fingerprint density at radius 3 is 2.00 bits per heavy atom. The number of carbonyl (C=O) groups is 2. The van der Waals surface area contributed by atoms with Crippen LogP contribution in [-0.2, 0) is 17.6 Å². The van der Waals surface area contributed by atoms with E-state index < -0.39 is 29.1 Å². The summed E-state index contributed by atoms with van der Waals surface area (Å²) in [5.74, 6) is -2.86. The van der Waals surface area contributed by atoms with Gasteiger partial charge in [-0.2, -0.15) is 0 Å². The van der Waals surface area contributed by atoms with E-state index in [1.165, 1.54) is 13.8 Å². The van der Waals surface area contributed by atoms with Crippen molar-refractivity contribution in [1.82, 2.24) is 0 Å². The number of hydrogen-bond acceptors (Lipinski definition) is 3. The summed E-state index contributed by atoms with van der Waals surface area (Å²) in [5, 5.41) is 11.7. The molecular weight excluding hydrogens is 416 g/mol. The minimum atomic E-state index is -1.30. The van der Waals surface area contributed by atoms with Crippen LogP contribution in [0.2, 0.25) is 0 Å². The van der Waals surface area contributed by atoms with Crippen LogP contribution >= 0.6 is 0 Å². The van der Waals surface area contributed by atoms with E-state index in [4.69, 9.17) is 9.84 Å². The summed E-state index contributed by atoms with van der Waals surface area (Å²) in [6, 6.07) is 17.2. The van der Waals surface area contributed by atoms with E-state index in [9.17, 15) is 18.4 Å². The molecule has 2 N–H and O–H groups in total. The van der Waals surface area contributed by atoms with Crippen LogP contribution < -0.4 is 10.1 Å². The summed E-state index contributed by atoms with van der Waals surface area (Å²) in [4.78, 5) is 23.3. The Morgan fingerprint density at radius 1 is 0.906 bits per heavy atom. The lowest BCUT2D eigenvalue weighted by molar-refractivity contribution is -0.152. The highest BCUT2D eigenvalue weighted by molar-refractivity contribution is 6.04. The maximum Gasteiger partial charge on any atom is 0.347 e. The van der Waals surface area contributed by atoms with Gasteiger partial charge in [0.25, 0.3) is 5.91 Å². The minimum absolute atomic E-state index is 0.227. The van der Waals surface area contributed by atoms with E-state index in [0.29, 0.717) is 17.5 Å². The molecule has 0 fully saturated rings. The number of amides is 1. The van der Waals surface area contributed by atoms with Crippen LogP contribution in [0.25, 0.3) is 0 Å². The van der Waals surface area contributed by atoms with Crippen molar-refractivity contribution in [2.45, 2.75) is 32.3 Å². The van der Waals surface area contributed by atoms with E-state index in [-0.39, 0.29) is 5.56 Å². The molecule has 0 aliphatic rings. The van der Waals surface area contributed by atoms with Gasteiger partial charge in [0.15, 0.2) is 5.60 Å². The molecule has 3 rings (SSSR count). The number of ether oxygens (including phenoxy) is 1. The number of halogens is 2. The molecule has 0 unspecified atom stereocenters. The Bertz CT molecular complexity index is 1110. The highest BCUT2D eigenvalue weighted by atomic mass is 19.1. The highest BCUT2D eigenvalue weighted by Gasteiger charge is 2.29. The van der Waals surface area contributed by atoms with Gasteiger partial charge in [0.2, 0.25) is 0 Å². The number of aryl methyl sites for hydroxylation is 2. The molecule has 0 aliphatic carbocycles. The Kier molecular flexibility index (Phi) is 6.88. The van der Waals surface area contributed by atoms with Crippen molar-refractivity contribution < 1.29 is 28.2 Å². The van der Waals surface area contributed by atoms with Crippen LogP contribution in [0.3, 0.4) is 0 Å². The van der Waals surface area contributed by atoms with E-state index >= 15 is 0 Å². The standard InChI is InChI=1S/C25H23F2NO4/c1-25(2,24(30)31)32-20-12-7-17(8-13-20)4-3-16-5-10-19(11-6-16)28-23(29)21-14-9-18(26)15-22(21)27/h5-15H,3-4H2,1-2H3,(H,28,29)(H,30,31). The summed E-state index contributed by atoms with van der Waals surface area (Å²) in [5.41, 5.74) is 1.08. The molecule has 166 valence electrons. The number of aliphatic carboxylic acids is 1. The Balaban J connectivity index is 1.54. The predicted octanol–water partition coefficient (Wildman–Crippen LogP) is 5.24. The Morgan fingerprint density at radius 2 is 1.47 bits per heavy atom. The quantitative estimate of drug-likeness (QED) is 0.503. The Hall–Kier alpha value is -3.74. The van der Waals surface area contributed by atoms with Gasteiger partial charge in [0.05, 0.1) is 5.56 Å². The van der Waals surface area contributed by atoms with Gasteiger partial charge < -0.3 is 15.2 Å². The molecule has 3 aromatic carbocycles. The number of carboxylic acids is 1. The van der Waals surface area contributed by atoms with Gasteiger partial charge >= 0.3 is 5.97 Å². The lowest BCUT2D eigenvalue weighted by Gasteiger charge is -2.21. The van der Waals surface area contributed by atoms with Crippen LogP contribution in [0.4, 0.5) is 14.5 Å². The molecule has 0 atom stereocenters. The van der Waals surface area contributed by atoms with Gasteiger partial charge in [-0.05, 0) is 74.2 Å². The van der Waals surface area contributed by atoms with Gasteiger partial charge in [-0.15, -0.1) is 0 Å². The average molecular weight is 439 g/mol. The fraction of sp³-hybridized carbons (Fsp3) is 0.200. The van der Waals surface area contributed by atoms with Crippen LogP contribution in [0.1, 0.15) is 35.3 Å². The maximum atomic E-state index is 13.7. The number of hydrogen-bond donors (Lipinski definition) is 2. The fourth-order valence-electron chi connectivity index (χ4n) is 2.98.